The van der Waals surface area contributed by atoms with E-state index in [2.05, 4.69) is 0 Å². The highest BCUT2D eigenvalue weighted by molar-refractivity contribution is 7.89. The summed E-state index contributed by atoms with van der Waals surface area (Å²) in [7, 11) is -2.32. The van der Waals surface area contributed by atoms with Crippen molar-refractivity contribution in [1.82, 2.24) is 0 Å². The zero-order valence-corrected chi connectivity index (χ0v) is 12.8. The topological polar surface area (TPSA) is 86.5 Å². The molecule has 1 aromatic carbocycles. The number of carbonyl (C=O) groups excluding carboxylic acids is 1. The van der Waals surface area contributed by atoms with Gasteiger partial charge in [-0.3, -0.25) is 4.79 Å². The van der Waals surface area contributed by atoms with Gasteiger partial charge in [-0.15, -0.1) is 0 Å². The van der Waals surface area contributed by atoms with E-state index in [1.807, 2.05) is 20.8 Å². The zero-order valence-electron chi connectivity index (χ0n) is 12.0. The Balaban J connectivity index is 2.39. The van der Waals surface area contributed by atoms with Crippen LogP contribution in [-0.2, 0) is 19.6 Å². The molecule has 1 aliphatic rings. The van der Waals surface area contributed by atoms with E-state index in [4.69, 9.17) is 9.88 Å². The lowest BCUT2D eigenvalue weighted by Gasteiger charge is -2.08. The number of ether oxygens (including phenoxy) is 1. The van der Waals surface area contributed by atoms with Gasteiger partial charge in [0.25, 0.3) is 0 Å². The van der Waals surface area contributed by atoms with E-state index in [1.165, 1.54) is 13.2 Å². The van der Waals surface area contributed by atoms with Crippen molar-refractivity contribution in [2.75, 3.05) is 7.11 Å². The normalized spacial score (nSPS) is 24.2. The van der Waals surface area contributed by atoms with Crippen molar-refractivity contribution in [3.05, 3.63) is 29.3 Å². The first-order chi connectivity index (χ1) is 9.10. The standard InChI is InChI=1S/C14H19NO4S/c1-8-7-9(20(15,17)18)5-6-10(8)11-12(13(16)19-4)14(11,2)3/h5-7,11-12H,1-4H3,(H2,15,17,18). The molecule has 0 saturated heterocycles. The Morgan fingerprint density at radius 3 is 2.40 bits per heavy atom. The number of sulfonamides is 1. The molecule has 1 aromatic rings. The third-order valence-corrected chi connectivity index (χ3v) is 5.10. The Hall–Kier alpha value is -1.40. The van der Waals surface area contributed by atoms with Gasteiger partial charge in [0.2, 0.25) is 10.0 Å². The monoisotopic (exact) mass is 297 g/mol. The molecule has 5 nitrogen and oxygen atoms in total. The first-order valence-corrected chi connectivity index (χ1v) is 7.86. The number of carbonyl (C=O) groups is 1. The number of esters is 1. The Kier molecular flexibility index (Phi) is 3.42. The molecule has 2 atom stereocenters. The number of methoxy groups -OCH3 is 1. The number of primary sulfonamides is 1. The van der Waals surface area contributed by atoms with Crippen LogP contribution in [0.1, 0.15) is 30.9 Å². The Bertz CT molecular complexity index is 664. The van der Waals surface area contributed by atoms with Crippen molar-refractivity contribution in [3.63, 3.8) is 0 Å². The van der Waals surface area contributed by atoms with Crippen LogP contribution in [0.2, 0.25) is 0 Å². The summed E-state index contributed by atoms with van der Waals surface area (Å²) in [6.45, 7) is 5.84. The van der Waals surface area contributed by atoms with E-state index >= 15 is 0 Å². The van der Waals surface area contributed by atoms with E-state index in [9.17, 15) is 13.2 Å². The Labute approximate surface area is 119 Å². The van der Waals surface area contributed by atoms with Crippen LogP contribution in [0.3, 0.4) is 0 Å². The summed E-state index contributed by atoms with van der Waals surface area (Å²) in [5, 5.41) is 5.12. The summed E-state index contributed by atoms with van der Waals surface area (Å²) < 4.78 is 27.5. The van der Waals surface area contributed by atoms with E-state index in [0.29, 0.717) is 0 Å². The fourth-order valence-corrected chi connectivity index (χ4v) is 3.56. The molecule has 0 heterocycles. The predicted molar refractivity (Wildman–Crippen MR) is 74.6 cm³/mol. The van der Waals surface area contributed by atoms with Gasteiger partial charge >= 0.3 is 5.97 Å². The van der Waals surface area contributed by atoms with Crippen LogP contribution in [-0.4, -0.2) is 21.5 Å². The van der Waals surface area contributed by atoms with Gasteiger partial charge < -0.3 is 4.74 Å². The average Bonchev–Trinajstić information content (AvgIpc) is 2.89. The predicted octanol–water partition coefficient (Wildman–Crippen LogP) is 1.56. The maximum Gasteiger partial charge on any atom is 0.309 e. The maximum absolute atomic E-state index is 11.8. The van der Waals surface area contributed by atoms with Crippen LogP contribution in [0, 0.1) is 18.3 Å². The second-order valence-corrected chi connectivity index (χ2v) is 7.42. The molecular weight excluding hydrogens is 278 g/mol. The van der Waals surface area contributed by atoms with Crippen molar-refractivity contribution in [2.45, 2.75) is 31.6 Å². The van der Waals surface area contributed by atoms with Crippen LogP contribution >= 0.6 is 0 Å². The third kappa shape index (κ3) is 2.33. The second-order valence-electron chi connectivity index (χ2n) is 5.86. The zero-order chi connectivity index (χ0) is 15.3. The molecular formula is C14H19NO4S. The summed E-state index contributed by atoms with van der Waals surface area (Å²) in [4.78, 5) is 11.9. The van der Waals surface area contributed by atoms with Gasteiger partial charge in [0.05, 0.1) is 17.9 Å². The van der Waals surface area contributed by atoms with Crippen molar-refractivity contribution >= 4 is 16.0 Å². The highest BCUT2D eigenvalue weighted by Crippen LogP contribution is 2.65. The lowest BCUT2D eigenvalue weighted by atomic mass is 9.99. The largest absolute Gasteiger partial charge is 0.469 e. The van der Waals surface area contributed by atoms with E-state index < -0.39 is 10.0 Å². The van der Waals surface area contributed by atoms with E-state index in [0.717, 1.165) is 11.1 Å². The molecule has 1 saturated carbocycles. The highest BCUT2D eigenvalue weighted by Gasteiger charge is 2.63. The summed E-state index contributed by atoms with van der Waals surface area (Å²) in [6, 6.07) is 4.78. The first-order valence-electron chi connectivity index (χ1n) is 6.32. The molecule has 0 aliphatic heterocycles. The molecule has 0 spiro atoms. The molecule has 1 aliphatic carbocycles. The van der Waals surface area contributed by atoms with Gasteiger partial charge in [0, 0.05) is 5.92 Å². The van der Waals surface area contributed by atoms with Gasteiger partial charge in [-0.2, -0.15) is 0 Å². The highest BCUT2D eigenvalue weighted by atomic mass is 32.2. The molecule has 20 heavy (non-hydrogen) atoms. The van der Waals surface area contributed by atoms with Crippen LogP contribution in [0.25, 0.3) is 0 Å². The molecule has 1 fully saturated rings. The lowest BCUT2D eigenvalue weighted by molar-refractivity contribution is -0.143. The number of nitrogens with two attached hydrogens (primary N) is 1. The Morgan fingerprint density at radius 1 is 1.35 bits per heavy atom. The molecule has 0 aromatic heterocycles. The van der Waals surface area contributed by atoms with Crippen LogP contribution < -0.4 is 5.14 Å². The Morgan fingerprint density at radius 2 is 1.95 bits per heavy atom. The SMILES string of the molecule is COC(=O)C1C(c2ccc(S(N)(=O)=O)cc2C)C1(C)C. The summed E-state index contributed by atoms with van der Waals surface area (Å²) >= 11 is 0. The number of benzene rings is 1. The van der Waals surface area contributed by atoms with Gasteiger partial charge in [-0.25, -0.2) is 13.6 Å². The van der Waals surface area contributed by atoms with Crippen molar-refractivity contribution in [2.24, 2.45) is 16.5 Å². The van der Waals surface area contributed by atoms with E-state index in [-0.39, 0.29) is 28.1 Å². The molecule has 0 bridgehead atoms. The van der Waals surface area contributed by atoms with Crippen LogP contribution in [0.5, 0.6) is 0 Å². The molecule has 2 unspecified atom stereocenters. The quantitative estimate of drug-likeness (QED) is 0.858. The van der Waals surface area contributed by atoms with Gasteiger partial charge in [0.1, 0.15) is 0 Å². The van der Waals surface area contributed by atoms with E-state index in [1.54, 1.807) is 12.1 Å². The van der Waals surface area contributed by atoms with Gasteiger partial charge in [-0.1, -0.05) is 19.9 Å². The summed E-state index contributed by atoms with van der Waals surface area (Å²) in [6.07, 6.45) is 0. The lowest BCUT2D eigenvalue weighted by Crippen LogP contribution is -2.12. The number of hydrogen-bond donors (Lipinski definition) is 1. The van der Waals surface area contributed by atoms with Crippen molar-refractivity contribution in [1.29, 1.82) is 0 Å². The van der Waals surface area contributed by atoms with Crippen molar-refractivity contribution in [3.8, 4) is 0 Å². The minimum Gasteiger partial charge on any atom is -0.469 e. The minimum atomic E-state index is -3.70. The molecule has 6 heteroatoms. The molecule has 0 radical (unpaired) electrons. The average molecular weight is 297 g/mol. The third-order valence-electron chi connectivity index (χ3n) is 4.19. The first kappa shape index (κ1) is 15.0. The number of hydrogen-bond acceptors (Lipinski definition) is 4. The van der Waals surface area contributed by atoms with Crippen LogP contribution in [0.15, 0.2) is 23.1 Å². The minimum absolute atomic E-state index is 0.0458. The summed E-state index contributed by atoms with van der Waals surface area (Å²) in [5.74, 6) is -0.370. The van der Waals surface area contributed by atoms with Crippen LogP contribution in [0.4, 0.5) is 0 Å². The summed E-state index contributed by atoms with van der Waals surface area (Å²) in [5.41, 5.74) is 1.61. The molecule has 2 rings (SSSR count). The fraction of sp³-hybridized carbons (Fsp3) is 0.500. The van der Waals surface area contributed by atoms with Crippen molar-refractivity contribution < 1.29 is 17.9 Å². The smallest absolute Gasteiger partial charge is 0.309 e. The molecule has 110 valence electrons. The van der Waals surface area contributed by atoms with Gasteiger partial charge in [-0.05, 0) is 35.6 Å². The molecule has 2 N–H and O–H groups in total. The molecule has 0 amide bonds. The number of rotatable bonds is 3. The van der Waals surface area contributed by atoms with Gasteiger partial charge in [0.15, 0.2) is 0 Å². The number of aryl methyl sites for hydroxylation is 1. The fourth-order valence-electron chi connectivity index (χ4n) is 2.96. The second kappa shape index (κ2) is 4.56. The maximum atomic E-state index is 11.8.